The van der Waals surface area contributed by atoms with Crippen molar-refractivity contribution in [2.45, 2.75) is 50.9 Å². The molecular weight excluding hydrogens is 398 g/mol. The van der Waals surface area contributed by atoms with Crippen molar-refractivity contribution < 1.29 is 13.2 Å². The van der Waals surface area contributed by atoms with Gasteiger partial charge in [0.05, 0.1) is 19.1 Å². The van der Waals surface area contributed by atoms with E-state index in [9.17, 15) is 8.42 Å². The van der Waals surface area contributed by atoms with E-state index in [1.165, 1.54) is 11.8 Å². The van der Waals surface area contributed by atoms with Crippen LogP contribution in [0.5, 0.6) is 5.75 Å². The van der Waals surface area contributed by atoms with Gasteiger partial charge in [0.15, 0.2) is 0 Å². The third kappa shape index (κ3) is 4.19. The SMILES string of the molecule is COc1cc2c(cc1CNC1CCCNC1c1ccccc1)N(S(C)(=O)=O)C(C)C2. The summed E-state index contributed by atoms with van der Waals surface area (Å²) in [5.41, 5.74) is 4.07. The molecule has 7 heteroatoms. The lowest BCUT2D eigenvalue weighted by Crippen LogP contribution is -2.45. The number of benzene rings is 2. The van der Waals surface area contributed by atoms with Crippen LogP contribution in [0.1, 0.15) is 42.5 Å². The number of fused-ring (bicyclic) bond motifs is 1. The van der Waals surface area contributed by atoms with Gasteiger partial charge in [-0.25, -0.2) is 8.42 Å². The zero-order valence-corrected chi connectivity index (χ0v) is 18.7. The molecule has 2 N–H and O–H groups in total. The molecule has 0 aliphatic carbocycles. The highest BCUT2D eigenvalue weighted by molar-refractivity contribution is 7.92. The number of nitrogens with one attached hydrogen (secondary N) is 2. The van der Waals surface area contributed by atoms with E-state index in [4.69, 9.17) is 4.74 Å². The third-order valence-corrected chi connectivity index (χ3v) is 7.44. The molecule has 3 unspecified atom stereocenters. The molecule has 4 rings (SSSR count). The highest BCUT2D eigenvalue weighted by atomic mass is 32.2. The van der Waals surface area contributed by atoms with Crippen molar-refractivity contribution in [3.05, 3.63) is 59.2 Å². The van der Waals surface area contributed by atoms with Gasteiger partial charge in [-0.05, 0) is 56.0 Å². The quantitative estimate of drug-likeness (QED) is 0.739. The van der Waals surface area contributed by atoms with Crippen LogP contribution in [0.15, 0.2) is 42.5 Å². The number of piperidine rings is 1. The lowest BCUT2D eigenvalue weighted by atomic mass is 9.92. The predicted molar refractivity (Wildman–Crippen MR) is 121 cm³/mol. The van der Waals surface area contributed by atoms with Crippen molar-refractivity contribution >= 4 is 15.7 Å². The van der Waals surface area contributed by atoms with Gasteiger partial charge >= 0.3 is 0 Å². The molecule has 0 radical (unpaired) electrons. The summed E-state index contributed by atoms with van der Waals surface area (Å²) in [5, 5.41) is 7.35. The average Bonchev–Trinajstić information content (AvgIpc) is 3.07. The highest BCUT2D eigenvalue weighted by Gasteiger charge is 2.34. The Labute approximate surface area is 179 Å². The summed E-state index contributed by atoms with van der Waals surface area (Å²) in [5.74, 6) is 0.809. The number of sulfonamides is 1. The van der Waals surface area contributed by atoms with Crippen LogP contribution in [0.25, 0.3) is 0 Å². The molecule has 2 aliphatic rings. The van der Waals surface area contributed by atoms with Crippen molar-refractivity contribution in [3.8, 4) is 5.75 Å². The van der Waals surface area contributed by atoms with Crippen LogP contribution in [0.2, 0.25) is 0 Å². The smallest absolute Gasteiger partial charge is 0.232 e. The summed E-state index contributed by atoms with van der Waals surface area (Å²) in [4.78, 5) is 0. The predicted octanol–water partition coefficient (Wildman–Crippen LogP) is 2.99. The van der Waals surface area contributed by atoms with E-state index in [2.05, 4.69) is 34.9 Å². The molecular formula is C23H31N3O3S. The standard InChI is InChI=1S/C23H31N3O3S/c1-16-12-18-14-22(29-2)19(13-21(18)26(16)30(3,27)28)15-25-20-10-7-11-24-23(20)17-8-5-4-6-9-17/h4-6,8-9,13-14,16,20,23-25H,7,10-12,15H2,1-3H3. The van der Waals surface area contributed by atoms with E-state index < -0.39 is 10.0 Å². The van der Waals surface area contributed by atoms with Gasteiger partial charge < -0.3 is 15.4 Å². The molecule has 2 aliphatic heterocycles. The fourth-order valence-electron chi connectivity index (χ4n) is 4.85. The Bertz CT molecular complexity index is 994. The van der Waals surface area contributed by atoms with Crippen LogP contribution < -0.4 is 19.7 Å². The Morgan fingerprint density at radius 1 is 1.23 bits per heavy atom. The maximum Gasteiger partial charge on any atom is 0.232 e. The minimum Gasteiger partial charge on any atom is -0.496 e. The van der Waals surface area contributed by atoms with E-state index in [1.54, 1.807) is 11.4 Å². The van der Waals surface area contributed by atoms with Crippen molar-refractivity contribution in [2.75, 3.05) is 24.2 Å². The zero-order valence-electron chi connectivity index (χ0n) is 17.9. The van der Waals surface area contributed by atoms with Crippen molar-refractivity contribution in [2.24, 2.45) is 0 Å². The first-order valence-corrected chi connectivity index (χ1v) is 12.4. The topological polar surface area (TPSA) is 70.7 Å². The van der Waals surface area contributed by atoms with E-state index in [0.29, 0.717) is 19.0 Å². The van der Waals surface area contributed by atoms with E-state index in [1.807, 2.05) is 25.1 Å². The Hall–Kier alpha value is -2.09. The van der Waals surface area contributed by atoms with Crippen molar-refractivity contribution in [3.63, 3.8) is 0 Å². The minimum atomic E-state index is -3.32. The fourth-order valence-corrected chi connectivity index (χ4v) is 6.11. The number of ether oxygens (including phenoxy) is 1. The lowest BCUT2D eigenvalue weighted by molar-refractivity contribution is 0.303. The summed E-state index contributed by atoms with van der Waals surface area (Å²) >= 11 is 0. The molecule has 0 bridgehead atoms. The van der Waals surface area contributed by atoms with Gasteiger partial charge in [-0.15, -0.1) is 0 Å². The molecule has 0 saturated carbocycles. The maximum atomic E-state index is 12.3. The summed E-state index contributed by atoms with van der Waals surface area (Å²) in [6, 6.07) is 15.0. The number of rotatable bonds is 6. The number of hydrogen-bond donors (Lipinski definition) is 2. The molecule has 2 aromatic carbocycles. The van der Waals surface area contributed by atoms with Crippen LogP contribution in [-0.4, -0.2) is 40.4 Å². The average molecular weight is 430 g/mol. The summed E-state index contributed by atoms with van der Waals surface area (Å²) in [7, 11) is -1.65. The Morgan fingerprint density at radius 2 is 2.00 bits per heavy atom. The van der Waals surface area contributed by atoms with Crippen LogP contribution in [0, 0.1) is 0 Å². The third-order valence-electron chi connectivity index (χ3n) is 6.16. The molecule has 3 atom stereocenters. The first kappa shape index (κ1) is 21.2. The number of nitrogens with zero attached hydrogens (tertiary/aromatic N) is 1. The second-order valence-electron chi connectivity index (χ2n) is 8.38. The van der Waals surface area contributed by atoms with Crippen molar-refractivity contribution in [1.29, 1.82) is 0 Å². The summed E-state index contributed by atoms with van der Waals surface area (Å²) < 4.78 is 31.9. The van der Waals surface area contributed by atoms with Gasteiger partial charge in [-0.3, -0.25) is 4.31 Å². The van der Waals surface area contributed by atoms with E-state index in [0.717, 1.165) is 42.0 Å². The molecule has 2 heterocycles. The summed E-state index contributed by atoms with van der Waals surface area (Å²) in [6.07, 6.45) is 4.20. The van der Waals surface area contributed by atoms with E-state index in [-0.39, 0.29) is 12.1 Å². The molecule has 1 fully saturated rings. The maximum absolute atomic E-state index is 12.3. The zero-order chi connectivity index (χ0) is 21.3. The van der Waals surface area contributed by atoms with Crippen LogP contribution >= 0.6 is 0 Å². The molecule has 6 nitrogen and oxygen atoms in total. The molecule has 30 heavy (non-hydrogen) atoms. The van der Waals surface area contributed by atoms with Gasteiger partial charge in [-0.2, -0.15) is 0 Å². The second-order valence-corrected chi connectivity index (χ2v) is 10.2. The first-order chi connectivity index (χ1) is 14.4. The summed E-state index contributed by atoms with van der Waals surface area (Å²) in [6.45, 7) is 3.59. The van der Waals surface area contributed by atoms with Gasteiger partial charge in [-0.1, -0.05) is 30.3 Å². The minimum absolute atomic E-state index is 0.0760. The van der Waals surface area contributed by atoms with Gasteiger partial charge in [0.1, 0.15) is 5.75 Å². The second kappa shape index (κ2) is 8.57. The van der Waals surface area contributed by atoms with E-state index >= 15 is 0 Å². The largest absolute Gasteiger partial charge is 0.496 e. The van der Waals surface area contributed by atoms with Crippen molar-refractivity contribution in [1.82, 2.24) is 10.6 Å². The highest BCUT2D eigenvalue weighted by Crippen LogP contribution is 2.38. The molecule has 162 valence electrons. The van der Waals surface area contributed by atoms with Crippen LogP contribution in [0.4, 0.5) is 5.69 Å². The molecule has 0 aromatic heterocycles. The first-order valence-electron chi connectivity index (χ1n) is 10.6. The fraction of sp³-hybridized carbons (Fsp3) is 0.478. The van der Waals surface area contributed by atoms with Gasteiger partial charge in [0, 0.05) is 30.2 Å². The van der Waals surface area contributed by atoms with Gasteiger partial charge in [0.2, 0.25) is 10.0 Å². The van der Waals surface area contributed by atoms with Crippen LogP contribution in [0.3, 0.4) is 0 Å². The lowest BCUT2D eigenvalue weighted by Gasteiger charge is -2.34. The monoisotopic (exact) mass is 429 g/mol. The number of methoxy groups -OCH3 is 1. The Kier molecular flexibility index (Phi) is 6.04. The number of anilines is 1. The molecule has 2 aromatic rings. The normalized spacial score (nSPS) is 24.0. The molecule has 0 amide bonds. The molecule has 0 spiro atoms. The van der Waals surface area contributed by atoms with Crippen LogP contribution in [-0.2, 0) is 23.0 Å². The number of hydrogen-bond acceptors (Lipinski definition) is 5. The Balaban J connectivity index is 1.58. The Morgan fingerprint density at radius 3 is 2.70 bits per heavy atom. The van der Waals surface area contributed by atoms with Gasteiger partial charge in [0.25, 0.3) is 0 Å². The molecule has 1 saturated heterocycles.